The average Bonchev–Trinajstić information content (AvgIpc) is 2.23. The number of hydrogen-bond acceptors (Lipinski definition) is 2. The first-order valence-electron chi connectivity index (χ1n) is 5.39. The second kappa shape index (κ2) is 7.37. The molecule has 15 heavy (non-hydrogen) atoms. The van der Waals surface area contributed by atoms with Gasteiger partial charge < -0.3 is 10.4 Å². The summed E-state index contributed by atoms with van der Waals surface area (Å²) in [7, 11) is 0. The van der Waals surface area contributed by atoms with Gasteiger partial charge in [-0.2, -0.15) is 0 Å². The highest BCUT2D eigenvalue weighted by molar-refractivity contribution is 5.15. The second-order valence-corrected chi connectivity index (χ2v) is 3.59. The minimum Gasteiger partial charge on any atom is -0.396 e. The average molecular weight is 211 g/mol. The van der Waals surface area contributed by atoms with Gasteiger partial charge >= 0.3 is 0 Å². The molecule has 0 unspecified atom stereocenters. The monoisotopic (exact) mass is 211 g/mol. The molecule has 0 saturated carbocycles. The number of hydrogen-bond donors (Lipinski definition) is 2. The van der Waals surface area contributed by atoms with E-state index in [0.29, 0.717) is 6.54 Å². The largest absolute Gasteiger partial charge is 0.396 e. The van der Waals surface area contributed by atoms with Crippen LogP contribution in [0.2, 0.25) is 0 Å². The van der Waals surface area contributed by atoms with Crippen LogP contribution in [0.3, 0.4) is 0 Å². The van der Waals surface area contributed by atoms with Gasteiger partial charge in [0.15, 0.2) is 0 Å². The van der Waals surface area contributed by atoms with Gasteiger partial charge in [0.05, 0.1) is 0 Å². The molecular weight excluding hydrogens is 193 g/mol. The first kappa shape index (κ1) is 12.1. The van der Waals surface area contributed by atoms with Crippen LogP contribution in [-0.4, -0.2) is 18.3 Å². The number of unbranched alkanes of at least 4 members (excludes halogenated alkanes) is 2. The Balaban J connectivity index is 2.10. The van der Waals surface area contributed by atoms with E-state index >= 15 is 0 Å². The molecular formula is C12H18FNO. The maximum absolute atomic E-state index is 12.8. The second-order valence-electron chi connectivity index (χ2n) is 3.59. The molecule has 1 aromatic carbocycles. The molecule has 84 valence electrons. The lowest BCUT2D eigenvalue weighted by Crippen LogP contribution is -2.14. The molecule has 0 radical (unpaired) electrons. The van der Waals surface area contributed by atoms with Crippen LogP contribution in [-0.2, 0) is 6.54 Å². The summed E-state index contributed by atoms with van der Waals surface area (Å²) >= 11 is 0. The van der Waals surface area contributed by atoms with Crippen molar-refractivity contribution in [3.05, 3.63) is 35.6 Å². The topological polar surface area (TPSA) is 32.3 Å². The van der Waals surface area contributed by atoms with Crippen molar-refractivity contribution in [1.29, 1.82) is 0 Å². The van der Waals surface area contributed by atoms with E-state index < -0.39 is 0 Å². The van der Waals surface area contributed by atoms with Crippen molar-refractivity contribution in [3.63, 3.8) is 0 Å². The van der Waals surface area contributed by atoms with Crippen LogP contribution in [0.15, 0.2) is 24.3 Å². The van der Waals surface area contributed by atoms with Crippen LogP contribution in [0.1, 0.15) is 24.8 Å². The molecule has 0 aliphatic carbocycles. The summed E-state index contributed by atoms with van der Waals surface area (Å²) in [6.07, 6.45) is 2.95. The van der Waals surface area contributed by atoms with Crippen LogP contribution in [0.4, 0.5) is 4.39 Å². The zero-order chi connectivity index (χ0) is 10.9. The SMILES string of the molecule is OCCCCCNCc1cccc(F)c1. The van der Waals surface area contributed by atoms with Crippen molar-refractivity contribution in [1.82, 2.24) is 5.32 Å². The predicted molar refractivity (Wildman–Crippen MR) is 59.0 cm³/mol. The van der Waals surface area contributed by atoms with Crippen molar-refractivity contribution < 1.29 is 9.50 Å². The standard InChI is InChI=1S/C12H18FNO/c13-12-6-4-5-11(9-12)10-14-7-2-1-3-8-15/h4-6,9,14-15H,1-3,7-8,10H2. The van der Waals surface area contributed by atoms with Crippen LogP contribution in [0.5, 0.6) is 0 Å². The third-order valence-electron chi connectivity index (χ3n) is 2.23. The van der Waals surface area contributed by atoms with Gasteiger partial charge in [-0.3, -0.25) is 0 Å². The lowest BCUT2D eigenvalue weighted by Gasteiger charge is -2.04. The molecule has 0 saturated heterocycles. The molecule has 0 fully saturated rings. The third-order valence-corrected chi connectivity index (χ3v) is 2.23. The molecule has 2 N–H and O–H groups in total. The maximum Gasteiger partial charge on any atom is 0.123 e. The maximum atomic E-state index is 12.8. The zero-order valence-electron chi connectivity index (χ0n) is 8.88. The molecule has 3 heteroatoms. The summed E-state index contributed by atoms with van der Waals surface area (Å²) in [5.41, 5.74) is 0.970. The lowest BCUT2D eigenvalue weighted by atomic mass is 10.2. The number of aliphatic hydroxyl groups is 1. The van der Waals surface area contributed by atoms with Crippen molar-refractivity contribution in [2.45, 2.75) is 25.8 Å². The van der Waals surface area contributed by atoms with Crippen LogP contribution in [0, 0.1) is 5.82 Å². The van der Waals surface area contributed by atoms with Crippen molar-refractivity contribution in [2.75, 3.05) is 13.2 Å². The molecule has 0 bridgehead atoms. The quantitative estimate of drug-likeness (QED) is 0.677. The van der Waals surface area contributed by atoms with Gasteiger partial charge in [0.2, 0.25) is 0 Å². The number of aliphatic hydroxyl groups excluding tert-OH is 1. The van der Waals surface area contributed by atoms with E-state index in [9.17, 15) is 4.39 Å². The summed E-state index contributed by atoms with van der Waals surface area (Å²) in [6, 6.07) is 6.62. The van der Waals surface area contributed by atoms with E-state index in [1.165, 1.54) is 6.07 Å². The van der Waals surface area contributed by atoms with Crippen LogP contribution in [0.25, 0.3) is 0 Å². The van der Waals surface area contributed by atoms with E-state index in [4.69, 9.17) is 5.11 Å². The Hall–Kier alpha value is -0.930. The highest BCUT2D eigenvalue weighted by Crippen LogP contribution is 2.02. The first-order valence-corrected chi connectivity index (χ1v) is 5.39. The summed E-state index contributed by atoms with van der Waals surface area (Å²) in [5, 5.41) is 11.8. The molecule has 2 nitrogen and oxygen atoms in total. The normalized spacial score (nSPS) is 10.5. The molecule has 0 aliphatic heterocycles. The number of rotatable bonds is 7. The number of nitrogens with one attached hydrogen (secondary N) is 1. The highest BCUT2D eigenvalue weighted by atomic mass is 19.1. The first-order chi connectivity index (χ1) is 7.33. The van der Waals surface area contributed by atoms with Gasteiger partial charge in [0.1, 0.15) is 5.82 Å². The fraction of sp³-hybridized carbons (Fsp3) is 0.500. The van der Waals surface area contributed by atoms with Gasteiger partial charge in [-0.1, -0.05) is 12.1 Å². The fourth-order valence-electron chi connectivity index (χ4n) is 1.42. The molecule has 1 aromatic rings. The van der Waals surface area contributed by atoms with Gasteiger partial charge in [-0.05, 0) is 43.5 Å². The Bertz CT molecular complexity index is 278. The molecule has 0 aromatic heterocycles. The third kappa shape index (κ3) is 5.50. The van der Waals surface area contributed by atoms with Crippen LogP contribution < -0.4 is 5.32 Å². The smallest absolute Gasteiger partial charge is 0.123 e. The van der Waals surface area contributed by atoms with E-state index in [-0.39, 0.29) is 12.4 Å². The molecule has 1 rings (SSSR count). The van der Waals surface area contributed by atoms with Crippen molar-refractivity contribution >= 4 is 0 Å². The Morgan fingerprint density at radius 2 is 2.07 bits per heavy atom. The van der Waals surface area contributed by atoms with Crippen LogP contribution >= 0.6 is 0 Å². The molecule has 0 heterocycles. The van der Waals surface area contributed by atoms with E-state index in [1.54, 1.807) is 12.1 Å². The minimum atomic E-state index is -0.186. The predicted octanol–water partition coefficient (Wildman–Crippen LogP) is 2.08. The molecule has 0 aliphatic rings. The zero-order valence-corrected chi connectivity index (χ0v) is 8.88. The van der Waals surface area contributed by atoms with Gasteiger partial charge in [0.25, 0.3) is 0 Å². The number of halogens is 1. The fourth-order valence-corrected chi connectivity index (χ4v) is 1.42. The summed E-state index contributed by atoms with van der Waals surface area (Å²) in [4.78, 5) is 0. The Morgan fingerprint density at radius 1 is 1.20 bits per heavy atom. The van der Waals surface area contributed by atoms with E-state index in [1.807, 2.05) is 6.07 Å². The molecule has 0 spiro atoms. The van der Waals surface area contributed by atoms with Gasteiger partial charge in [-0.25, -0.2) is 4.39 Å². The van der Waals surface area contributed by atoms with E-state index in [2.05, 4.69) is 5.32 Å². The van der Waals surface area contributed by atoms with Gasteiger partial charge in [0, 0.05) is 13.2 Å². The highest BCUT2D eigenvalue weighted by Gasteiger charge is 1.94. The summed E-state index contributed by atoms with van der Waals surface area (Å²) in [5.74, 6) is -0.186. The summed E-state index contributed by atoms with van der Waals surface area (Å²) < 4.78 is 12.8. The van der Waals surface area contributed by atoms with Crippen molar-refractivity contribution in [2.24, 2.45) is 0 Å². The molecule has 0 amide bonds. The Morgan fingerprint density at radius 3 is 2.80 bits per heavy atom. The lowest BCUT2D eigenvalue weighted by molar-refractivity contribution is 0.283. The summed E-state index contributed by atoms with van der Waals surface area (Å²) in [6.45, 7) is 1.89. The van der Waals surface area contributed by atoms with Gasteiger partial charge in [-0.15, -0.1) is 0 Å². The molecule has 0 atom stereocenters. The number of benzene rings is 1. The minimum absolute atomic E-state index is 0.186. The Labute approximate surface area is 90.1 Å². The van der Waals surface area contributed by atoms with Crippen molar-refractivity contribution in [3.8, 4) is 0 Å². The Kier molecular flexibility index (Phi) is 5.97. The van der Waals surface area contributed by atoms with E-state index in [0.717, 1.165) is 31.4 Å².